The van der Waals surface area contributed by atoms with Gasteiger partial charge in [-0.15, -0.1) is 0 Å². The quantitative estimate of drug-likeness (QED) is 0.758. The van der Waals surface area contributed by atoms with Gasteiger partial charge in [0.25, 0.3) is 0 Å². The molecule has 0 bridgehead atoms. The molecule has 0 aromatic heterocycles. The molecule has 0 radical (unpaired) electrons. The highest BCUT2D eigenvalue weighted by Crippen LogP contribution is 2.48. The molecule has 2 saturated heterocycles. The third-order valence-corrected chi connectivity index (χ3v) is 4.40. The van der Waals surface area contributed by atoms with Crippen LogP contribution in [0.4, 0.5) is 0 Å². The van der Waals surface area contributed by atoms with Crippen LogP contribution in [0.1, 0.15) is 46.5 Å². The summed E-state index contributed by atoms with van der Waals surface area (Å²) in [5.74, 6) is 0. The minimum atomic E-state index is 0.379. The lowest BCUT2D eigenvalue weighted by molar-refractivity contribution is -0.178. The third-order valence-electron chi connectivity index (χ3n) is 4.40. The van der Waals surface area contributed by atoms with Crippen molar-refractivity contribution in [2.24, 2.45) is 10.8 Å². The Morgan fingerprint density at radius 3 is 2.40 bits per heavy atom. The van der Waals surface area contributed by atoms with Gasteiger partial charge in [0.15, 0.2) is 0 Å². The van der Waals surface area contributed by atoms with E-state index in [-0.39, 0.29) is 0 Å². The van der Waals surface area contributed by atoms with Crippen molar-refractivity contribution in [2.75, 3.05) is 19.8 Å². The predicted molar refractivity (Wildman–Crippen MR) is 63.0 cm³/mol. The molecule has 2 fully saturated rings. The molecule has 0 amide bonds. The minimum Gasteiger partial charge on any atom is -0.380 e. The van der Waals surface area contributed by atoms with Gasteiger partial charge in [-0.1, -0.05) is 27.2 Å². The van der Waals surface area contributed by atoms with Gasteiger partial charge in [-0.25, -0.2) is 0 Å². The Bertz CT molecular complexity index is 209. The van der Waals surface area contributed by atoms with Crippen molar-refractivity contribution in [3.8, 4) is 0 Å². The highest BCUT2D eigenvalue weighted by Gasteiger charge is 2.49. The maximum Gasteiger partial charge on any atom is 0.0550 e. The van der Waals surface area contributed by atoms with E-state index < -0.39 is 0 Å². The molecular weight excluding hydrogens is 186 g/mol. The van der Waals surface area contributed by atoms with Gasteiger partial charge in [-0.05, 0) is 31.2 Å². The van der Waals surface area contributed by atoms with Crippen molar-refractivity contribution in [1.29, 1.82) is 0 Å². The maximum atomic E-state index is 5.48. The Morgan fingerprint density at radius 1 is 1.27 bits per heavy atom. The lowest BCUT2D eigenvalue weighted by atomic mass is 9.61. The molecule has 0 aromatic carbocycles. The molecule has 15 heavy (non-hydrogen) atoms. The fourth-order valence-corrected chi connectivity index (χ4v) is 2.78. The summed E-state index contributed by atoms with van der Waals surface area (Å²) in [6.45, 7) is 10.2. The van der Waals surface area contributed by atoms with E-state index in [0.29, 0.717) is 10.8 Å². The smallest absolute Gasteiger partial charge is 0.0550 e. The Balaban J connectivity index is 1.95. The van der Waals surface area contributed by atoms with Crippen molar-refractivity contribution in [3.05, 3.63) is 0 Å². The number of piperidine rings is 1. The fraction of sp³-hybridized carbons (Fsp3) is 1.00. The van der Waals surface area contributed by atoms with Crippen LogP contribution in [0.15, 0.2) is 0 Å². The van der Waals surface area contributed by atoms with Gasteiger partial charge >= 0.3 is 0 Å². The van der Waals surface area contributed by atoms with Crippen molar-refractivity contribution in [3.63, 3.8) is 0 Å². The van der Waals surface area contributed by atoms with Crippen LogP contribution in [-0.4, -0.2) is 25.8 Å². The minimum absolute atomic E-state index is 0.379. The Hall–Kier alpha value is -0.0800. The molecule has 2 rings (SSSR count). The van der Waals surface area contributed by atoms with Gasteiger partial charge in [0.1, 0.15) is 0 Å². The van der Waals surface area contributed by atoms with Gasteiger partial charge in [-0.2, -0.15) is 0 Å². The van der Waals surface area contributed by atoms with Crippen LogP contribution in [0.3, 0.4) is 0 Å². The van der Waals surface area contributed by atoms with E-state index in [2.05, 4.69) is 26.1 Å². The van der Waals surface area contributed by atoms with E-state index in [1.54, 1.807) is 0 Å². The lowest BCUT2D eigenvalue weighted by Gasteiger charge is -2.53. The van der Waals surface area contributed by atoms with Gasteiger partial charge in [-0.3, -0.25) is 0 Å². The van der Waals surface area contributed by atoms with Crippen LogP contribution in [0.25, 0.3) is 0 Å². The first-order valence-corrected chi connectivity index (χ1v) is 6.35. The average molecular weight is 211 g/mol. The van der Waals surface area contributed by atoms with E-state index in [4.69, 9.17) is 4.74 Å². The normalized spacial score (nSPS) is 31.0. The van der Waals surface area contributed by atoms with Gasteiger partial charge in [0.2, 0.25) is 0 Å². The third kappa shape index (κ3) is 2.21. The van der Waals surface area contributed by atoms with E-state index in [0.717, 1.165) is 19.3 Å². The lowest BCUT2D eigenvalue weighted by Crippen LogP contribution is -2.55. The standard InChI is InChI=1S/C13H25NO/c1-12(2,3)13(9-15-10-13)8-11-6-4-5-7-14-11/h11,14H,4-10H2,1-3H3. The monoisotopic (exact) mass is 211 g/mol. The number of hydrogen-bond acceptors (Lipinski definition) is 2. The van der Waals surface area contributed by atoms with Gasteiger partial charge < -0.3 is 10.1 Å². The van der Waals surface area contributed by atoms with Crippen LogP contribution < -0.4 is 5.32 Å². The molecule has 88 valence electrons. The van der Waals surface area contributed by atoms with Gasteiger partial charge in [0.05, 0.1) is 13.2 Å². The predicted octanol–water partition coefficient (Wildman–Crippen LogP) is 2.58. The summed E-state index contributed by atoms with van der Waals surface area (Å²) in [7, 11) is 0. The summed E-state index contributed by atoms with van der Waals surface area (Å²) in [5, 5.41) is 3.66. The zero-order valence-corrected chi connectivity index (χ0v) is 10.4. The van der Waals surface area contributed by atoms with E-state index in [1.807, 2.05) is 0 Å². The molecule has 1 unspecified atom stereocenters. The Labute approximate surface area is 93.8 Å². The zero-order chi connectivity index (χ0) is 10.9. The first kappa shape index (κ1) is 11.4. The SMILES string of the molecule is CC(C)(C)C1(CC2CCCCN2)COC1. The van der Waals surface area contributed by atoms with Crippen LogP contribution >= 0.6 is 0 Å². The molecule has 1 N–H and O–H groups in total. The molecule has 2 heteroatoms. The highest BCUT2D eigenvalue weighted by atomic mass is 16.5. The number of nitrogens with one attached hydrogen (secondary N) is 1. The number of ether oxygens (including phenoxy) is 1. The van der Waals surface area contributed by atoms with Crippen LogP contribution in [0.5, 0.6) is 0 Å². The first-order valence-electron chi connectivity index (χ1n) is 6.35. The summed E-state index contributed by atoms with van der Waals surface area (Å²) in [4.78, 5) is 0. The second-order valence-corrected chi connectivity index (χ2v) is 6.37. The zero-order valence-electron chi connectivity index (χ0n) is 10.4. The molecule has 2 aliphatic heterocycles. The van der Waals surface area contributed by atoms with E-state index in [9.17, 15) is 0 Å². The first-order chi connectivity index (χ1) is 7.04. The van der Waals surface area contributed by atoms with Crippen LogP contribution in [0.2, 0.25) is 0 Å². The van der Waals surface area contributed by atoms with E-state index in [1.165, 1.54) is 32.2 Å². The summed E-state index contributed by atoms with van der Waals surface area (Å²) in [6.07, 6.45) is 5.42. The number of rotatable bonds is 2. The number of hydrogen-bond donors (Lipinski definition) is 1. The molecule has 0 saturated carbocycles. The molecule has 2 heterocycles. The average Bonchev–Trinajstić information content (AvgIpc) is 2.11. The summed E-state index contributed by atoms with van der Waals surface area (Å²) >= 11 is 0. The van der Waals surface area contributed by atoms with Crippen molar-refractivity contribution >= 4 is 0 Å². The Morgan fingerprint density at radius 2 is 2.00 bits per heavy atom. The molecule has 0 aliphatic carbocycles. The molecule has 2 aliphatic rings. The highest BCUT2D eigenvalue weighted by molar-refractivity contribution is 4.98. The summed E-state index contributed by atoms with van der Waals surface area (Å²) in [6, 6.07) is 0.738. The fourth-order valence-electron chi connectivity index (χ4n) is 2.78. The van der Waals surface area contributed by atoms with Crippen LogP contribution in [0, 0.1) is 10.8 Å². The van der Waals surface area contributed by atoms with Crippen molar-refractivity contribution in [2.45, 2.75) is 52.5 Å². The van der Waals surface area contributed by atoms with Gasteiger partial charge in [0, 0.05) is 11.5 Å². The molecule has 0 aromatic rings. The van der Waals surface area contributed by atoms with Crippen molar-refractivity contribution in [1.82, 2.24) is 5.32 Å². The second kappa shape index (κ2) is 4.06. The second-order valence-electron chi connectivity index (χ2n) is 6.37. The Kier molecular flexibility index (Phi) is 3.09. The van der Waals surface area contributed by atoms with Crippen molar-refractivity contribution < 1.29 is 4.74 Å². The molecule has 1 atom stereocenters. The molecule has 0 spiro atoms. The molecular formula is C13H25NO. The summed E-state index contributed by atoms with van der Waals surface area (Å²) in [5.41, 5.74) is 0.812. The molecule has 2 nitrogen and oxygen atoms in total. The van der Waals surface area contributed by atoms with E-state index >= 15 is 0 Å². The summed E-state index contributed by atoms with van der Waals surface area (Å²) < 4.78 is 5.48. The van der Waals surface area contributed by atoms with Crippen LogP contribution in [-0.2, 0) is 4.74 Å². The maximum absolute atomic E-state index is 5.48. The largest absolute Gasteiger partial charge is 0.380 e. The topological polar surface area (TPSA) is 21.3 Å².